The standard InChI is InChI=1S/C11H21BrO2/c1-8(7-11(3,4)12)6-9(2)10(13)14-5/h8-9H,6-7H2,1-5H3. The summed E-state index contributed by atoms with van der Waals surface area (Å²) in [7, 11) is 1.44. The summed E-state index contributed by atoms with van der Waals surface area (Å²) in [4.78, 5) is 11.2. The Balaban J connectivity index is 3.94. The summed E-state index contributed by atoms with van der Waals surface area (Å²) >= 11 is 3.61. The fraction of sp³-hybridized carbons (Fsp3) is 0.909. The second kappa shape index (κ2) is 5.74. The van der Waals surface area contributed by atoms with Crippen molar-refractivity contribution >= 4 is 21.9 Å². The zero-order chi connectivity index (χ0) is 11.4. The van der Waals surface area contributed by atoms with Gasteiger partial charge < -0.3 is 4.74 Å². The SMILES string of the molecule is COC(=O)C(C)CC(C)CC(C)(C)Br. The van der Waals surface area contributed by atoms with Gasteiger partial charge in [0.1, 0.15) is 0 Å². The number of alkyl halides is 1. The highest BCUT2D eigenvalue weighted by Crippen LogP contribution is 2.28. The Morgan fingerprint density at radius 3 is 2.29 bits per heavy atom. The molecule has 0 spiro atoms. The lowest BCUT2D eigenvalue weighted by molar-refractivity contribution is -0.145. The summed E-state index contributed by atoms with van der Waals surface area (Å²) in [5.74, 6) is 0.424. The number of ether oxygens (including phenoxy) is 1. The van der Waals surface area contributed by atoms with Gasteiger partial charge in [0.15, 0.2) is 0 Å². The minimum absolute atomic E-state index is 0.00449. The van der Waals surface area contributed by atoms with Crippen LogP contribution in [0.15, 0.2) is 0 Å². The molecule has 0 aromatic carbocycles. The number of carbonyl (C=O) groups is 1. The van der Waals surface area contributed by atoms with Gasteiger partial charge in [-0.25, -0.2) is 0 Å². The van der Waals surface area contributed by atoms with E-state index < -0.39 is 0 Å². The van der Waals surface area contributed by atoms with Crippen LogP contribution in [-0.2, 0) is 9.53 Å². The van der Waals surface area contributed by atoms with Crippen molar-refractivity contribution < 1.29 is 9.53 Å². The van der Waals surface area contributed by atoms with Crippen molar-refractivity contribution in [2.45, 2.75) is 44.9 Å². The highest BCUT2D eigenvalue weighted by atomic mass is 79.9. The van der Waals surface area contributed by atoms with E-state index in [1.807, 2.05) is 6.92 Å². The van der Waals surface area contributed by atoms with Gasteiger partial charge >= 0.3 is 5.97 Å². The third-order valence-corrected chi connectivity index (χ3v) is 2.52. The number of hydrogen-bond acceptors (Lipinski definition) is 2. The van der Waals surface area contributed by atoms with E-state index in [-0.39, 0.29) is 16.2 Å². The lowest BCUT2D eigenvalue weighted by atomic mass is 9.90. The van der Waals surface area contributed by atoms with E-state index in [0.717, 1.165) is 12.8 Å². The minimum atomic E-state index is -0.107. The molecule has 0 N–H and O–H groups in total. The average molecular weight is 265 g/mol. The lowest BCUT2D eigenvalue weighted by Crippen LogP contribution is -2.20. The van der Waals surface area contributed by atoms with E-state index in [4.69, 9.17) is 4.74 Å². The summed E-state index contributed by atoms with van der Waals surface area (Å²) in [6, 6.07) is 0. The molecule has 0 aliphatic heterocycles. The molecule has 84 valence electrons. The van der Waals surface area contributed by atoms with Gasteiger partial charge in [0.05, 0.1) is 13.0 Å². The molecule has 0 amide bonds. The highest BCUT2D eigenvalue weighted by molar-refractivity contribution is 9.10. The van der Waals surface area contributed by atoms with Crippen molar-refractivity contribution in [3.63, 3.8) is 0 Å². The van der Waals surface area contributed by atoms with Crippen molar-refractivity contribution in [3.05, 3.63) is 0 Å². The molecule has 3 heteroatoms. The van der Waals surface area contributed by atoms with Crippen molar-refractivity contribution in [1.82, 2.24) is 0 Å². The van der Waals surface area contributed by atoms with E-state index in [2.05, 4.69) is 36.7 Å². The van der Waals surface area contributed by atoms with Gasteiger partial charge in [-0.1, -0.05) is 43.6 Å². The van der Waals surface area contributed by atoms with Crippen LogP contribution in [0.25, 0.3) is 0 Å². The van der Waals surface area contributed by atoms with Crippen LogP contribution in [0.3, 0.4) is 0 Å². The molecule has 0 saturated heterocycles. The molecule has 0 aliphatic carbocycles. The molecule has 0 aromatic heterocycles. The molecule has 0 aliphatic rings. The Morgan fingerprint density at radius 2 is 1.93 bits per heavy atom. The first-order valence-corrected chi connectivity index (χ1v) is 5.82. The Bertz CT molecular complexity index is 184. The highest BCUT2D eigenvalue weighted by Gasteiger charge is 2.21. The summed E-state index contributed by atoms with van der Waals surface area (Å²) in [5, 5.41) is 0. The first kappa shape index (κ1) is 13.9. The molecule has 2 nitrogen and oxygen atoms in total. The third kappa shape index (κ3) is 6.41. The molecule has 0 bridgehead atoms. The van der Waals surface area contributed by atoms with E-state index >= 15 is 0 Å². The van der Waals surface area contributed by atoms with E-state index in [1.165, 1.54) is 7.11 Å². The van der Waals surface area contributed by atoms with Crippen molar-refractivity contribution in [1.29, 1.82) is 0 Å². The molecule has 2 atom stereocenters. The fourth-order valence-corrected chi connectivity index (χ4v) is 2.37. The predicted molar refractivity (Wildman–Crippen MR) is 62.6 cm³/mol. The molecular weight excluding hydrogens is 244 g/mol. The lowest BCUT2D eigenvalue weighted by Gasteiger charge is -2.23. The Hall–Kier alpha value is -0.0500. The Labute approximate surface area is 95.5 Å². The monoisotopic (exact) mass is 264 g/mol. The quantitative estimate of drug-likeness (QED) is 0.562. The number of halogens is 1. The smallest absolute Gasteiger partial charge is 0.308 e. The molecular formula is C11H21BrO2. The second-order valence-corrected chi connectivity index (χ2v) is 6.83. The van der Waals surface area contributed by atoms with E-state index in [0.29, 0.717) is 5.92 Å². The van der Waals surface area contributed by atoms with E-state index in [1.54, 1.807) is 0 Å². The first-order chi connectivity index (χ1) is 6.26. The second-order valence-electron chi connectivity index (χ2n) is 4.69. The van der Waals surface area contributed by atoms with Crippen molar-refractivity contribution in [2.75, 3.05) is 7.11 Å². The van der Waals surface area contributed by atoms with Crippen LogP contribution in [-0.4, -0.2) is 17.4 Å². The molecule has 14 heavy (non-hydrogen) atoms. The van der Waals surface area contributed by atoms with Crippen LogP contribution in [0.1, 0.15) is 40.5 Å². The van der Waals surface area contributed by atoms with Crippen LogP contribution >= 0.6 is 15.9 Å². The van der Waals surface area contributed by atoms with Gasteiger partial charge in [-0.2, -0.15) is 0 Å². The van der Waals surface area contributed by atoms with Gasteiger partial charge in [-0.05, 0) is 18.8 Å². The number of rotatable bonds is 5. The number of esters is 1. The summed E-state index contributed by atoms with van der Waals surface area (Å²) in [5.41, 5.74) is 0. The van der Waals surface area contributed by atoms with Crippen LogP contribution in [0.2, 0.25) is 0 Å². The normalized spacial score (nSPS) is 16.1. The molecule has 0 rings (SSSR count). The molecule has 2 unspecified atom stereocenters. The van der Waals surface area contributed by atoms with Gasteiger partial charge in [-0.3, -0.25) is 4.79 Å². The van der Waals surface area contributed by atoms with Crippen molar-refractivity contribution in [2.24, 2.45) is 11.8 Å². The zero-order valence-electron chi connectivity index (χ0n) is 9.76. The molecule has 0 radical (unpaired) electrons. The molecule has 0 aromatic rings. The van der Waals surface area contributed by atoms with Gasteiger partial charge in [0, 0.05) is 4.32 Å². The molecule has 0 saturated carbocycles. The third-order valence-electron chi connectivity index (χ3n) is 2.19. The topological polar surface area (TPSA) is 26.3 Å². The minimum Gasteiger partial charge on any atom is -0.469 e. The van der Waals surface area contributed by atoms with Gasteiger partial charge in [0.2, 0.25) is 0 Å². The maximum atomic E-state index is 11.2. The van der Waals surface area contributed by atoms with Gasteiger partial charge in [-0.15, -0.1) is 0 Å². The van der Waals surface area contributed by atoms with Gasteiger partial charge in [0.25, 0.3) is 0 Å². The Morgan fingerprint density at radius 1 is 1.43 bits per heavy atom. The summed E-state index contributed by atoms with van der Waals surface area (Å²) < 4.78 is 4.85. The molecule has 0 fully saturated rings. The summed E-state index contributed by atoms with van der Waals surface area (Å²) in [6.07, 6.45) is 1.95. The number of hydrogen-bond donors (Lipinski definition) is 0. The molecule has 0 heterocycles. The van der Waals surface area contributed by atoms with Crippen LogP contribution < -0.4 is 0 Å². The van der Waals surface area contributed by atoms with Crippen LogP contribution in [0.4, 0.5) is 0 Å². The fourth-order valence-electron chi connectivity index (χ4n) is 1.81. The van der Waals surface area contributed by atoms with Crippen LogP contribution in [0.5, 0.6) is 0 Å². The number of methoxy groups -OCH3 is 1. The Kier molecular flexibility index (Phi) is 5.72. The number of carbonyl (C=O) groups excluding carboxylic acids is 1. The average Bonchev–Trinajstić information content (AvgIpc) is 1.99. The maximum Gasteiger partial charge on any atom is 0.308 e. The zero-order valence-corrected chi connectivity index (χ0v) is 11.3. The largest absolute Gasteiger partial charge is 0.469 e. The summed E-state index contributed by atoms with van der Waals surface area (Å²) in [6.45, 7) is 8.38. The predicted octanol–water partition coefficient (Wildman–Crippen LogP) is 3.39. The first-order valence-electron chi connectivity index (χ1n) is 5.03. The van der Waals surface area contributed by atoms with E-state index in [9.17, 15) is 4.79 Å². The van der Waals surface area contributed by atoms with Crippen molar-refractivity contribution in [3.8, 4) is 0 Å². The maximum absolute atomic E-state index is 11.2. The van der Waals surface area contributed by atoms with Crippen LogP contribution in [0, 0.1) is 11.8 Å².